The van der Waals surface area contributed by atoms with E-state index < -0.39 is 23.0 Å². The number of hydrogen-bond acceptors (Lipinski definition) is 6. The number of pyridine rings is 1. The zero-order valence-corrected chi connectivity index (χ0v) is 33.8. The number of amides is 1. The van der Waals surface area contributed by atoms with Gasteiger partial charge in [0.05, 0.1) is 70.2 Å². The Labute approximate surface area is 328 Å². The standard InChI is InChI=1S/C42H54F2N3O6.BrH/c1-6-45(32-22-30(43)21-31(44)23-32)42(49)37-29-46(33-24-34(51-7-2)26-35(25-33)52-8-3)38-27-36(28-39(50-5)40(38)41(37)48)53-20-16-11-9-10-13-17-47(4)18-14-12-15-19-47;/h21-29H,6-20H2,1-5H3;1H/q+1;/p-1. The Hall–Kier alpha value is -4.16. The van der Waals surface area contributed by atoms with Crippen LogP contribution in [0.5, 0.6) is 23.0 Å². The number of quaternary nitrogens is 1. The maximum absolute atomic E-state index is 14.3. The van der Waals surface area contributed by atoms with Gasteiger partial charge in [-0.05, 0) is 71.4 Å². The molecular formula is C42H54BrF2N3O6. The molecule has 0 saturated carbocycles. The predicted octanol–water partition coefficient (Wildman–Crippen LogP) is 5.71. The van der Waals surface area contributed by atoms with Crippen LogP contribution in [0.25, 0.3) is 16.6 Å². The van der Waals surface area contributed by atoms with Gasteiger partial charge in [-0.15, -0.1) is 0 Å². The highest BCUT2D eigenvalue weighted by molar-refractivity contribution is 6.08. The maximum atomic E-state index is 14.3. The lowest BCUT2D eigenvalue weighted by molar-refractivity contribution is -0.914. The van der Waals surface area contributed by atoms with Crippen LogP contribution in [-0.2, 0) is 0 Å². The number of aromatic nitrogens is 1. The molecule has 5 rings (SSSR count). The van der Waals surface area contributed by atoms with Crippen LogP contribution in [0.15, 0.2) is 59.5 Å². The van der Waals surface area contributed by atoms with E-state index in [1.165, 1.54) is 74.4 Å². The van der Waals surface area contributed by atoms with Gasteiger partial charge in [0.2, 0.25) is 5.43 Å². The van der Waals surface area contributed by atoms with Crippen LogP contribution >= 0.6 is 0 Å². The summed E-state index contributed by atoms with van der Waals surface area (Å²) in [5, 5.41) is 0.150. The van der Waals surface area contributed by atoms with E-state index in [1.54, 1.807) is 41.8 Å². The van der Waals surface area contributed by atoms with Crippen LogP contribution in [0.4, 0.5) is 14.5 Å². The number of nitrogens with zero attached hydrogens (tertiary/aromatic N) is 3. The number of carbonyl (C=O) groups excluding carboxylic acids is 1. The molecule has 12 heteroatoms. The van der Waals surface area contributed by atoms with Crippen molar-refractivity contribution in [2.75, 3.05) is 65.1 Å². The molecule has 2 heterocycles. The van der Waals surface area contributed by atoms with Crippen molar-refractivity contribution in [3.8, 4) is 28.7 Å². The zero-order valence-electron chi connectivity index (χ0n) is 32.2. The lowest BCUT2D eigenvalue weighted by Gasteiger charge is -2.37. The summed E-state index contributed by atoms with van der Waals surface area (Å²) in [5.41, 5.74) is 0.175. The summed E-state index contributed by atoms with van der Waals surface area (Å²) < 4.78 is 55.2. The van der Waals surface area contributed by atoms with Crippen LogP contribution in [-0.4, -0.2) is 75.1 Å². The fraction of sp³-hybridized carbons (Fsp3) is 0.476. The van der Waals surface area contributed by atoms with Crippen LogP contribution in [0.3, 0.4) is 0 Å². The van der Waals surface area contributed by atoms with E-state index >= 15 is 0 Å². The lowest BCUT2D eigenvalue weighted by Crippen LogP contribution is -3.00. The molecule has 4 aromatic rings. The first-order valence-corrected chi connectivity index (χ1v) is 19.0. The molecule has 3 aromatic carbocycles. The third kappa shape index (κ3) is 10.5. The average molecular weight is 815 g/mol. The van der Waals surface area contributed by atoms with Crippen molar-refractivity contribution in [1.82, 2.24) is 4.57 Å². The monoisotopic (exact) mass is 813 g/mol. The minimum Gasteiger partial charge on any atom is -1.00 e. The lowest BCUT2D eigenvalue weighted by atomic mass is 10.1. The summed E-state index contributed by atoms with van der Waals surface area (Å²) in [7, 11) is 3.85. The Morgan fingerprint density at radius 3 is 2.02 bits per heavy atom. The van der Waals surface area contributed by atoms with Gasteiger partial charge in [0.25, 0.3) is 5.91 Å². The molecular weight excluding hydrogens is 760 g/mol. The third-order valence-corrected chi connectivity index (χ3v) is 9.99. The smallest absolute Gasteiger partial charge is 0.263 e. The second kappa shape index (κ2) is 20.0. The minimum atomic E-state index is -0.837. The van der Waals surface area contributed by atoms with E-state index in [0.29, 0.717) is 48.3 Å². The van der Waals surface area contributed by atoms with Gasteiger partial charge in [-0.2, -0.15) is 0 Å². The minimum absolute atomic E-state index is 0. The van der Waals surface area contributed by atoms with Gasteiger partial charge in [0.1, 0.15) is 40.2 Å². The number of piperidine rings is 1. The largest absolute Gasteiger partial charge is 1.00 e. The Kier molecular flexibility index (Phi) is 15.7. The molecule has 0 N–H and O–H groups in total. The predicted molar refractivity (Wildman–Crippen MR) is 205 cm³/mol. The van der Waals surface area contributed by atoms with Crippen molar-refractivity contribution < 1.29 is 54.0 Å². The van der Waals surface area contributed by atoms with Crippen LogP contribution in [0.1, 0.15) is 82.5 Å². The Bertz CT molecular complexity index is 1890. The van der Waals surface area contributed by atoms with Crippen molar-refractivity contribution in [2.24, 2.45) is 0 Å². The zero-order chi connectivity index (χ0) is 38.0. The summed E-state index contributed by atoms with van der Waals surface area (Å²) in [4.78, 5) is 29.6. The van der Waals surface area contributed by atoms with Crippen molar-refractivity contribution in [3.05, 3.63) is 82.1 Å². The molecule has 54 heavy (non-hydrogen) atoms. The van der Waals surface area contributed by atoms with Gasteiger partial charge < -0.3 is 49.9 Å². The Morgan fingerprint density at radius 2 is 1.41 bits per heavy atom. The molecule has 0 aliphatic carbocycles. The van der Waals surface area contributed by atoms with Gasteiger partial charge in [-0.1, -0.05) is 12.8 Å². The van der Waals surface area contributed by atoms with Crippen molar-refractivity contribution in [2.45, 2.75) is 72.1 Å². The van der Waals surface area contributed by atoms with Crippen molar-refractivity contribution >= 4 is 22.5 Å². The number of carbonyl (C=O) groups is 1. The second-order valence-corrected chi connectivity index (χ2v) is 13.9. The number of unbranched alkanes of at least 4 members (excludes halogenated alkanes) is 4. The number of ether oxygens (including phenoxy) is 4. The molecule has 0 atom stereocenters. The molecule has 0 radical (unpaired) electrons. The molecule has 1 amide bonds. The number of methoxy groups -OCH3 is 1. The Morgan fingerprint density at radius 1 is 0.796 bits per heavy atom. The van der Waals surface area contributed by atoms with Gasteiger partial charge in [0, 0.05) is 54.8 Å². The quantitative estimate of drug-likeness (QED) is 0.0948. The number of benzene rings is 3. The Balaban J connectivity index is 0.00000650. The van der Waals surface area contributed by atoms with E-state index in [4.69, 9.17) is 18.9 Å². The molecule has 1 fully saturated rings. The first-order valence-electron chi connectivity index (χ1n) is 19.0. The van der Waals surface area contributed by atoms with Gasteiger partial charge in [-0.25, -0.2) is 8.78 Å². The molecule has 9 nitrogen and oxygen atoms in total. The van der Waals surface area contributed by atoms with E-state index in [2.05, 4.69) is 7.05 Å². The highest BCUT2D eigenvalue weighted by Gasteiger charge is 2.26. The summed E-state index contributed by atoms with van der Waals surface area (Å²) in [6.45, 7) is 10.6. The maximum Gasteiger partial charge on any atom is 0.263 e. The van der Waals surface area contributed by atoms with Crippen LogP contribution in [0, 0.1) is 11.6 Å². The molecule has 1 aromatic heterocycles. The van der Waals surface area contributed by atoms with Gasteiger partial charge in [-0.3, -0.25) is 9.59 Å². The number of hydrogen-bond donors (Lipinski definition) is 0. The average Bonchev–Trinajstić information content (AvgIpc) is 3.13. The number of fused-ring (bicyclic) bond motifs is 1. The van der Waals surface area contributed by atoms with Crippen molar-refractivity contribution in [3.63, 3.8) is 0 Å². The number of rotatable bonds is 18. The van der Waals surface area contributed by atoms with E-state index in [-0.39, 0.29) is 45.9 Å². The number of anilines is 1. The van der Waals surface area contributed by atoms with E-state index in [0.717, 1.165) is 37.5 Å². The highest BCUT2D eigenvalue weighted by atomic mass is 79.9. The molecule has 294 valence electrons. The topological polar surface area (TPSA) is 79.2 Å². The van der Waals surface area contributed by atoms with Crippen LogP contribution < -0.4 is 46.3 Å². The summed E-state index contributed by atoms with van der Waals surface area (Å²) in [5.74, 6) is -0.591. The summed E-state index contributed by atoms with van der Waals surface area (Å²) in [6.07, 6.45) is 11.0. The normalized spacial score (nSPS) is 13.6. The molecule has 1 saturated heterocycles. The number of likely N-dealkylation sites (tertiary alicyclic amines) is 1. The van der Waals surface area contributed by atoms with E-state index in [1.807, 2.05) is 13.8 Å². The van der Waals surface area contributed by atoms with Crippen molar-refractivity contribution in [1.29, 1.82) is 0 Å². The molecule has 1 aliphatic rings. The molecule has 0 unspecified atom stereocenters. The fourth-order valence-electron chi connectivity index (χ4n) is 7.29. The van der Waals surface area contributed by atoms with Gasteiger partial charge >= 0.3 is 0 Å². The highest BCUT2D eigenvalue weighted by Crippen LogP contribution is 2.34. The van der Waals surface area contributed by atoms with E-state index in [9.17, 15) is 18.4 Å². The SMILES string of the molecule is CCOc1cc(OCC)cc(-n2cc(C(=O)N(CC)c3cc(F)cc(F)c3)c(=O)c3c(OC)cc(OCCCCCCC[N+]4(C)CCCCC4)cc32)c1.[Br-]. The first kappa shape index (κ1) is 42.6. The third-order valence-electron chi connectivity index (χ3n) is 9.99. The molecule has 0 bridgehead atoms. The molecule has 0 spiro atoms. The fourth-order valence-corrected chi connectivity index (χ4v) is 7.29. The summed E-state index contributed by atoms with van der Waals surface area (Å²) in [6, 6.07) is 11.6. The summed E-state index contributed by atoms with van der Waals surface area (Å²) >= 11 is 0. The van der Waals surface area contributed by atoms with Crippen LogP contribution in [0.2, 0.25) is 0 Å². The second-order valence-electron chi connectivity index (χ2n) is 13.9. The number of halogens is 3. The molecule has 1 aliphatic heterocycles. The first-order chi connectivity index (χ1) is 25.6. The van der Waals surface area contributed by atoms with Gasteiger partial charge in [0.15, 0.2) is 0 Å².